The zero-order chi connectivity index (χ0) is 31.6. The van der Waals surface area contributed by atoms with Gasteiger partial charge in [0, 0.05) is 25.8 Å². The molecule has 1 aliphatic heterocycles. The van der Waals surface area contributed by atoms with Crippen LogP contribution in [0.3, 0.4) is 0 Å². The zero-order valence-corrected chi connectivity index (χ0v) is 26.1. The van der Waals surface area contributed by atoms with Crippen molar-refractivity contribution in [1.82, 2.24) is 15.5 Å². The highest BCUT2D eigenvalue weighted by Gasteiger charge is 2.37. The Morgan fingerprint density at radius 3 is 1.70 bits per heavy atom. The van der Waals surface area contributed by atoms with Gasteiger partial charge in [0.05, 0.1) is 0 Å². The van der Waals surface area contributed by atoms with E-state index < -0.39 is 47.7 Å². The van der Waals surface area contributed by atoms with Crippen molar-refractivity contribution in [3.63, 3.8) is 0 Å². The fourth-order valence-electron chi connectivity index (χ4n) is 4.68. The maximum absolute atomic E-state index is 14.0. The normalized spacial score (nSPS) is 16.8. The molecule has 3 amide bonds. The second-order valence-electron chi connectivity index (χ2n) is 12.7. The first-order valence-electron chi connectivity index (χ1n) is 14.8. The summed E-state index contributed by atoms with van der Waals surface area (Å²) in [6, 6.07) is 16.6. The van der Waals surface area contributed by atoms with Gasteiger partial charge in [0.2, 0.25) is 5.91 Å². The largest absolute Gasteiger partial charge is 0.444 e. The van der Waals surface area contributed by atoms with Crippen LogP contribution in [0.15, 0.2) is 60.7 Å². The summed E-state index contributed by atoms with van der Waals surface area (Å²) < 4.78 is 16.8. The molecule has 1 unspecified atom stereocenters. The number of piperidine rings is 1. The number of carbonyl (C=O) groups is 4. The van der Waals surface area contributed by atoms with Crippen molar-refractivity contribution in [2.24, 2.45) is 0 Å². The van der Waals surface area contributed by atoms with Crippen molar-refractivity contribution >= 4 is 24.1 Å². The Morgan fingerprint density at radius 2 is 1.21 bits per heavy atom. The number of nitrogens with zero attached hydrogens (tertiary/aromatic N) is 1. The van der Waals surface area contributed by atoms with Gasteiger partial charge in [0.15, 0.2) is 6.23 Å². The Morgan fingerprint density at radius 1 is 0.744 bits per heavy atom. The minimum absolute atomic E-state index is 0.177. The van der Waals surface area contributed by atoms with E-state index in [0.717, 1.165) is 17.5 Å². The Labute approximate surface area is 254 Å². The summed E-state index contributed by atoms with van der Waals surface area (Å²) in [5, 5.41) is 5.38. The molecule has 43 heavy (non-hydrogen) atoms. The molecule has 0 aliphatic carbocycles. The lowest BCUT2D eigenvalue weighted by atomic mass is 10.0. The van der Waals surface area contributed by atoms with Gasteiger partial charge < -0.3 is 29.7 Å². The van der Waals surface area contributed by atoms with Crippen LogP contribution < -0.4 is 10.6 Å². The SMILES string of the molecule is CC(C)(C)OC(=O)N[C@@H](Cc1ccccc1)C(=O)OC1CCCCN1C(=O)[C@H](Cc1ccccc1)NC(=O)OC(C)(C)C. The fraction of sp³-hybridized carbons (Fsp3) is 0.515. The van der Waals surface area contributed by atoms with E-state index in [0.29, 0.717) is 19.4 Å². The van der Waals surface area contributed by atoms with E-state index in [9.17, 15) is 19.2 Å². The molecule has 234 valence electrons. The van der Waals surface area contributed by atoms with Crippen molar-refractivity contribution in [3.8, 4) is 0 Å². The van der Waals surface area contributed by atoms with Gasteiger partial charge in [0.1, 0.15) is 23.3 Å². The summed E-state index contributed by atoms with van der Waals surface area (Å²) in [6.45, 7) is 10.8. The molecule has 2 aromatic rings. The van der Waals surface area contributed by atoms with Crippen LogP contribution in [0.2, 0.25) is 0 Å². The number of nitrogens with one attached hydrogen (secondary N) is 2. The standard InChI is InChI=1S/C33H45N3O7/c1-32(2,3)42-30(39)34-25(21-23-15-9-7-10-16-23)28(37)36-20-14-13-19-27(36)41-29(38)26(22-24-17-11-8-12-18-24)35-31(40)43-33(4,5)6/h7-12,15-18,25-27H,13-14,19-22H2,1-6H3,(H,34,39)(H,35,40)/t25-,26-,27?/m0/s1. The molecule has 1 saturated heterocycles. The van der Waals surface area contributed by atoms with E-state index in [1.165, 1.54) is 4.90 Å². The number of rotatable bonds is 9. The lowest BCUT2D eigenvalue weighted by Crippen LogP contribution is -2.56. The molecular formula is C33H45N3O7. The van der Waals surface area contributed by atoms with Crippen LogP contribution in [-0.4, -0.2) is 65.0 Å². The number of benzene rings is 2. The number of esters is 1. The topological polar surface area (TPSA) is 123 Å². The van der Waals surface area contributed by atoms with E-state index in [1.54, 1.807) is 41.5 Å². The molecular weight excluding hydrogens is 550 g/mol. The second kappa shape index (κ2) is 14.9. The maximum Gasteiger partial charge on any atom is 0.408 e. The highest BCUT2D eigenvalue weighted by atomic mass is 16.6. The Hall–Kier alpha value is -4.08. The third kappa shape index (κ3) is 11.6. The predicted molar refractivity (Wildman–Crippen MR) is 162 cm³/mol. The Balaban J connectivity index is 1.80. The maximum atomic E-state index is 14.0. The molecule has 1 fully saturated rings. The predicted octanol–water partition coefficient (Wildman–Crippen LogP) is 5.14. The first-order valence-corrected chi connectivity index (χ1v) is 14.8. The Kier molecular flexibility index (Phi) is 11.6. The number of carbonyl (C=O) groups excluding carboxylic acids is 4. The number of likely N-dealkylation sites (tertiary alicyclic amines) is 1. The quantitative estimate of drug-likeness (QED) is 0.304. The van der Waals surface area contributed by atoms with Crippen LogP contribution in [0.4, 0.5) is 9.59 Å². The summed E-state index contributed by atoms with van der Waals surface area (Å²) in [4.78, 5) is 54.4. The van der Waals surface area contributed by atoms with E-state index >= 15 is 0 Å². The van der Waals surface area contributed by atoms with Crippen LogP contribution in [0, 0.1) is 0 Å². The van der Waals surface area contributed by atoms with Crippen molar-refractivity contribution in [2.75, 3.05) is 6.54 Å². The molecule has 0 spiro atoms. The molecule has 0 bridgehead atoms. The molecule has 1 heterocycles. The van der Waals surface area contributed by atoms with Crippen LogP contribution in [-0.2, 0) is 36.6 Å². The average Bonchev–Trinajstić information content (AvgIpc) is 2.91. The average molecular weight is 596 g/mol. The fourth-order valence-corrected chi connectivity index (χ4v) is 4.68. The van der Waals surface area contributed by atoms with Gasteiger partial charge in [0.25, 0.3) is 0 Å². The molecule has 3 rings (SSSR count). The van der Waals surface area contributed by atoms with Gasteiger partial charge in [-0.3, -0.25) is 4.79 Å². The number of alkyl carbamates (subject to hydrolysis) is 2. The number of hydrogen-bond acceptors (Lipinski definition) is 7. The third-order valence-electron chi connectivity index (χ3n) is 6.51. The third-order valence-corrected chi connectivity index (χ3v) is 6.51. The minimum atomic E-state index is -1.05. The summed E-state index contributed by atoms with van der Waals surface area (Å²) in [7, 11) is 0. The monoisotopic (exact) mass is 595 g/mol. The first-order chi connectivity index (χ1) is 20.2. The molecule has 10 heteroatoms. The molecule has 0 radical (unpaired) electrons. The lowest BCUT2D eigenvalue weighted by Gasteiger charge is -2.38. The Bertz CT molecular complexity index is 1220. The van der Waals surface area contributed by atoms with E-state index in [-0.39, 0.29) is 18.7 Å². The molecule has 10 nitrogen and oxygen atoms in total. The highest BCUT2D eigenvalue weighted by molar-refractivity contribution is 5.87. The second-order valence-corrected chi connectivity index (χ2v) is 12.7. The smallest absolute Gasteiger partial charge is 0.408 e. The molecule has 2 N–H and O–H groups in total. The van der Waals surface area contributed by atoms with Gasteiger partial charge in [-0.15, -0.1) is 0 Å². The van der Waals surface area contributed by atoms with Crippen molar-refractivity contribution in [3.05, 3.63) is 71.8 Å². The van der Waals surface area contributed by atoms with Gasteiger partial charge >= 0.3 is 18.2 Å². The van der Waals surface area contributed by atoms with Crippen LogP contribution in [0.5, 0.6) is 0 Å². The van der Waals surface area contributed by atoms with Gasteiger partial charge in [-0.25, -0.2) is 14.4 Å². The van der Waals surface area contributed by atoms with Crippen molar-refractivity contribution in [1.29, 1.82) is 0 Å². The van der Waals surface area contributed by atoms with Gasteiger partial charge in [-0.05, 0) is 65.5 Å². The van der Waals surface area contributed by atoms with Crippen LogP contribution in [0.25, 0.3) is 0 Å². The molecule has 2 aromatic carbocycles. The molecule has 3 atom stereocenters. The minimum Gasteiger partial charge on any atom is -0.444 e. The van der Waals surface area contributed by atoms with Crippen molar-refractivity contribution in [2.45, 2.75) is 103 Å². The molecule has 0 aromatic heterocycles. The molecule has 0 saturated carbocycles. The van der Waals surface area contributed by atoms with Crippen LogP contribution >= 0.6 is 0 Å². The summed E-state index contributed by atoms with van der Waals surface area (Å²) >= 11 is 0. The number of hydrogen-bond donors (Lipinski definition) is 2. The zero-order valence-electron chi connectivity index (χ0n) is 26.1. The van der Waals surface area contributed by atoms with Gasteiger partial charge in [-0.1, -0.05) is 60.7 Å². The summed E-state index contributed by atoms with van der Waals surface area (Å²) in [5.74, 6) is -1.06. The number of amides is 3. The first kappa shape index (κ1) is 33.4. The summed E-state index contributed by atoms with van der Waals surface area (Å²) in [6.07, 6.45) is -0.0358. The van der Waals surface area contributed by atoms with Crippen molar-refractivity contribution < 1.29 is 33.4 Å². The number of ether oxygens (including phenoxy) is 3. The molecule has 1 aliphatic rings. The van der Waals surface area contributed by atoms with E-state index in [4.69, 9.17) is 14.2 Å². The van der Waals surface area contributed by atoms with Gasteiger partial charge in [-0.2, -0.15) is 0 Å². The van der Waals surface area contributed by atoms with E-state index in [1.807, 2.05) is 60.7 Å². The summed E-state index contributed by atoms with van der Waals surface area (Å²) in [5.41, 5.74) is 0.170. The van der Waals surface area contributed by atoms with E-state index in [2.05, 4.69) is 10.6 Å². The highest BCUT2D eigenvalue weighted by Crippen LogP contribution is 2.22. The lowest BCUT2D eigenvalue weighted by molar-refractivity contribution is -0.171. The van der Waals surface area contributed by atoms with Crippen LogP contribution in [0.1, 0.15) is 71.9 Å².